The van der Waals surface area contributed by atoms with Gasteiger partial charge in [-0.05, 0) is 18.5 Å². The molecule has 0 bridgehead atoms. The molecule has 15 heavy (non-hydrogen) atoms. The van der Waals surface area contributed by atoms with Crippen LogP contribution in [0.1, 0.15) is 11.4 Å². The van der Waals surface area contributed by atoms with Crippen LogP contribution in [0.3, 0.4) is 0 Å². The summed E-state index contributed by atoms with van der Waals surface area (Å²) >= 11 is 0. The van der Waals surface area contributed by atoms with Gasteiger partial charge in [0, 0.05) is 25.6 Å². The number of hydrogen-bond acceptors (Lipinski definition) is 3. The van der Waals surface area contributed by atoms with Crippen LogP contribution < -0.4 is 5.32 Å². The number of H-pyrrole nitrogens is 1. The smallest absolute Gasteiger partial charge is 0.120 e. The van der Waals surface area contributed by atoms with Gasteiger partial charge in [0.2, 0.25) is 0 Å². The molecular formula is C10H15N5. The molecule has 2 N–H and O–H groups in total. The van der Waals surface area contributed by atoms with Crippen LogP contribution in [0.15, 0.2) is 24.8 Å². The van der Waals surface area contributed by atoms with Crippen LogP contribution in [0.25, 0.3) is 0 Å². The van der Waals surface area contributed by atoms with Gasteiger partial charge in [-0.2, -0.15) is 5.10 Å². The van der Waals surface area contributed by atoms with Gasteiger partial charge >= 0.3 is 0 Å². The van der Waals surface area contributed by atoms with E-state index in [0.717, 1.165) is 25.3 Å². The third kappa shape index (κ3) is 2.92. The molecule has 80 valence electrons. The summed E-state index contributed by atoms with van der Waals surface area (Å²) < 4.78 is 1.82. The number of aromatic nitrogens is 4. The van der Waals surface area contributed by atoms with Crippen molar-refractivity contribution in [2.75, 3.05) is 6.54 Å². The van der Waals surface area contributed by atoms with Crippen molar-refractivity contribution in [1.82, 2.24) is 25.1 Å². The molecule has 0 aromatic carbocycles. The van der Waals surface area contributed by atoms with Crippen molar-refractivity contribution in [2.45, 2.75) is 13.0 Å². The van der Waals surface area contributed by atoms with Gasteiger partial charge in [-0.25, -0.2) is 4.98 Å². The molecule has 0 atom stereocenters. The zero-order valence-electron chi connectivity index (χ0n) is 8.77. The summed E-state index contributed by atoms with van der Waals surface area (Å²) in [7, 11) is 1.93. The van der Waals surface area contributed by atoms with E-state index in [1.54, 1.807) is 6.20 Å². The highest BCUT2D eigenvalue weighted by Crippen LogP contribution is 1.96. The molecule has 2 heterocycles. The molecule has 5 heteroatoms. The first-order valence-corrected chi connectivity index (χ1v) is 5.01. The Balaban J connectivity index is 1.67. The molecule has 0 radical (unpaired) electrons. The van der Waals surface area contributed by atoms with E-state index < -0.39 is 0 Å². The van der Waals surface area contributed by atoms with E-state index >= 15 is 0 Å². The Morgan fingerprint density at radius 2 is 2.47 bits per heavy atom. The van der Waals surface area contributed by atoms with E-state index in [2.05, 4.69) is 20.4 Å². The molecule has 0 fully saturated rings. The van der Waals surface area contributed by atoms with Crippen LogP contribution in [0, 0.1) is 0 Å². The third-order valence-electron chi connectivity index (χ3n) is 2.20. The Bertz CT molecular complexity index is 390. The van der Waals surface area contributed by atoms with Crippen molar-refractivity contribution in [3.63, 3.8) is 0 Å². The summed E-state index contributed by atoms with van der Waals surface area (Å²) in [5, 5.41) is 7.43. The standard InChI is InChI=1S/C10H15N5/c1-15-8-9(6-14-15)2-3-11-7-10-12-4-5-13-10/h4-6,8,11H,2-3,7H2,1H3,(H,12,13). The summed E-state index contributed by atoms with van der Waals surface area (Å²) in [4.78, 5) is 7.18. The normalized spacial score (nSPS) is 10.7. The van der Waals surface area contributed by atoms with Crippen molar-refractivity contribution < 1.29 is 0 Å². The van der Waals surface area contributed by atoms with E-state index in [-0.39, 0.29) is 0 Å². The summed E-state index contributed by atoms with van der Waals surface area (Å²) in [5.74, 6) is 0.973. The fraction of sp³-hybridized carbons (Fsp3) is 0.400. The first-order valence-electron chi connectivity index (χ1n) is 5.01. The minimum Gasteiger partial charge on any atom is -0.348 e. The minimum absolute atomic E-state index is 0.785. The molecule has 5 nitrogen and oxygen atoms in total. The van der Waals surface area contributed by atoms with Crippen molar-refractivity contribution in [2.24, 2.45) is 7.05 Å². The molecule has 0 saturated carbocycles. The number of nitrogens with zero attached hydrogens (tertiary/aromatic N) is 3. The monoisotopic (exact) mass is 205 g/mol. The van der Waals surface area contributed by atoms with Crippen LogP contribution in [0.4, 0.5) is 0 Å². The molecule has 0 saturated heterocycles. The van der Waals surface area contributed by atoms with Gasteiger partial charge in [0.1, 0.15) is 5.82 Å². The Hall–Kier alpha value is -1.62. The van der Waals surface area contributed by atoms with Crippen molar-refractivity contribution in [3.05, 3.63) is 36.2 Å². The highest BCUT2D eigenvalue weighted by molar-refractivity contribution is 5.03. The molecule has 2 rings (SSSR count). The lowest BCUT2D eigenvalue weighted by atomic mass is 10.2. The Labute approximate surface area is 88.5 Å². The Kier molecular flexibility index (Phi) is 3.14. The van der Waals surface area contributed by atoms with E-state index in [1.807, 2.05) is 30.3 Å². The number of aryl methyl sites for hydroxylation is 1. The zero-order valence-corrected chi connectivity index (χ0v) is 8.77. The average molecular weight is 205 g/mol. The maximum Gasteiger partial charge on any atom is 0.120 e. The van der Waals surface area contributed by atoms with Crippen LogP contribution in [-0.4, -0.2) is 26.3 Å². The summed E-state index contributed by atoms with van der Waals surface area (Å²) in [5.41, 5.74) is 1.25. The number of imidazole rings is 1. The number of aromatic amines is 1. The molecule has 2 aromatic heterocycles. The summed E-state index contributed by atoms with van der Waals surface area (Å²) in [6.07, 6.45) is 8.52. The van der Waals surface area contributed by atoms with E-state index in [4.69, 9.17) is 0 Å². The van der Waals surface area contributed by atoms with Crippen LogP contribution >= 0.6 is 0 Å². The van der Waals surface area contributed by atoms with Gasteiger partial charge < -0.3 is 10.3 Å². The van der Waals surface area contributed by atoms with E-state index in [0.29, 0.717) is 0 Å². The second-order valence-corrected chi connectivity index (χ2v) is 3.48. The predicted octanol–water partition coefficient (Wildman–Crippen LogP) is 0.475. The van der Waals surface area contributed by atoms with Gasteiger partial charge in [-0.3, -0.25) is 4.68 Å². The molecule has 0 aliphatic carbocycles. The highest BCUT2D eigenvalue weighted by Gasteiger charge is 1.96. The lowest BCUT2D eigenvalue weighted by Crippen LogP contribution is -2.17. The summed E-state index contributed by atoms with van der Waals surface area (Å²) in [6.45, 7) is 1.72. The second-order valence-electron chi connectivity index (χ2n) is 3.48. The lowest BCUT2D eigenvalue weighted by molar-refractivity contribution is 0.664. The molecule has 0 aliphatic rings. The minimum atomic E-state index is 0.785. The molecule has 0 unspecified atom stereocenters. The topological polar surface area (TPSA) is 58.5 Å². The lowest BCUT2D eigenvalue weighted by Gasteiger charge is -2.00. The van der Waals surface area contributed by atoms with Gasteiger partial charge in [-0.1, -0.05) is 0 Å². The zero-order chi connectivity index (χ0) is 10.5. The fourth-order valence-corrected chi connectivity index (χ4v) is 1.44. The van der Waals surface area contributed by atoms with Gasteiger partial charge in [-0.15, -0.1) is 0 Å². The van der Waals surface area contributed by atoms with Crippen LogP contribution in [-0.2, 0) is 20.0 Å². The van der Waals surface area contributed by atoms with E-state index in [9.17, 15) is 0 Å². The number of nitrogens with one attached hydrogen (secondary N) is 2. The van der Waals surface area contributed by atoms with Crippen LogP contribution in [0.5, 0.6) is 0 Å². The second kappa shape index (κ2) is 4.75. The average Bonchev–Trinajstić information content (AvgIpc) is 2.84. The Morgan fingerprint density at radius 1 is 1.53 bits per heavy atom. The molecule has 0 amide bonds. The van der Waals surface area contributed by atoms with Crippen molar-refractivity contribution in [3.8, 4) is 0 Å². The largest absolute Gasteiger partial charge is 0.348 e. The van der Waals surface area contributed by atoms with Crippen molar-refractivity contribution in [1.29, 1.82) is 0 Å². The SMILES string of the molecule is Cn1cc(CCNCc2ncc[nH]2)cn1. The first kappa shape index (κ1) is 9.92. The van der Waals surface area contributed by atoms with E-state index in [1.165, 1.54) is 5.56 Å². The highest BCUT2D eigenvalue weighted by atomic mass is 15.2. The molecule has 0 aliphatic heterocycles. The number of rotatable bonds is 5. The van der Waals surface area contributed by atoms with Gasteiger partial charge in [0.05, 0.1) is 12.7 Å². The number of hydrogen-bond donors (Lipinski definition) is 2. The quantitative estimate of drug-likeness (QED) is 0.698. The third-order valence-corrected chi connectivity index (χ3v) is 2.20. The summed E-state index contributed by atoms with van der Waals surface area (Å²) in [6, 6.07) is 0. The fourth-order valence-electron chi connectivity index (χ4n) is 1.44. The van der Waals surface area contributed by atoms with Gasteiger partial charge in [0.25, 0.3) is 0 Å². The van der Waals surface area contributed by atoms with Crippen molar-refractivity contribution >= 4 is 0 Å². The molecule has 0 spiro atoms. The molecule has 2 aromatic rings. The first-order chi connectivity index (χ1) is 7.34. The maximum absolute atomic E-state index is 4.13. The Morgan fingerprint density at radius 3 is 3.13 bits per heavy atom. The maximum atomic E-state index is 4.13. The van der Waals surface area contributed by atoms with Gasteiger partial charge in [0.15, 0.2) is 0 Å². The predicted molar refractivity (Wildman–Crippen MR) is 57.2 cm³/mol. The van der Waals surface area contributed by atoms with Crippen LogP contribution in [0.2, 0.25) is 0 Å². The molecular weight excluding hydrogens is 190 g/mol.